The highest BCUT2D eigenvalue weighted by molar-refractivity contribution is 6.12. The Morgan fingerprint density at radius 3 is 2.77 bits per heavy atom. The second-order valence-electron chi connectivity index (χ2n) is 5.34. The van der Waals surface area contributed by atoms with Crippen LogP contribution in [0.25, 0.3) is 10.9 Å². The lowest BCUT2D eigenvalue weighted by Crippen LogP contribution is -2.37. The predicted octanol–water partition coefficient (Wildman–Crippen LogP) is 1.11. The normalized spacial score (nSPS) is 19.7. The molecule has 0 saturated carbocycles. The fourth-order valence-corrected chi connectivity index (χ4v) is 2.54. The number of aromatic amines is 1. The van der Waals surface area contributed by atoms with E-state index in [0.717, 1.165) is 16.6 Å². The molecule has 0 bridgehead atoms. The van der Waals surface area contributed by atoms with Crippen molar-refractivity contribution in [2.45, 2.75) is 19.4 Å². The van der Waals surface area contributed by atoms with Gasteiger partial charge in [0.1, 0.15) is 5.92 Å². The van der Waals surface area contributed by atoms with Crippen molar-refractivity contribution in [3.63, 3.8) is 0 Å². The summed E-state index contributed by atoms with van der Waals surface area (Å²) in [7, 11) is 0. The van der Waals surface area contributed by atoms with E-state index in [1.165, 1.54) is 0 Å². The monoisotopic (exact) mass is 301 g/mol. The number of aromatic nitrogens is 1. The van der Waals surface area contributed by atoms with E-state index < -0.39 is 23.6 Å². The first kappa shape index (κ1) is 14.3. The van der Waals surface area contributed by atoms with Gasteiger partial charge in [-0.05, 0) is 24.4 Å². The molecule has 2 heterocycles. The largest absolute Gasteiger partial charge is 0.357 e. The van der Waals surface area contributed by atoms with Crippen LogP contribution in [0, 0.1) is 5.92 Å². The van der Waals surface area contributed by atoms with Gasteiger partial charge >= 0.3 is 0 Å². The predicted molar refractivity (Wildman–Crippen MR) is 76.6 cm³/mol. The summed E-state index contributed by atoms with van der Waals surface area (Å²) >= 11 is 0. The van der Waals surface area contributed by atoms with Gasteiger partial charge in [0.25, 0.3) is 11.8 Å². The molecule has 0 radical (unpaired) electrons. The maximum absolute atomic E-state index is 12.1. The summed E-state index contributed by atoms with van der Waals surface area (Å²) in [6.07, 6.45) is -0.305. The van der Waals surface area contributed by atoms with E-state index in [9.17, 15) is 19.6 Å². The lowest BCUT2D eigenvalue weighted by atomic mass is 10.1. The number of H-pyrrole nitrogens is 1. The quantitative estimate of drug-likeness (QED) is 0.449. The number of hydroxylamine groups is 2. The Balaban J connectivity index is 1.73. The molecule has 0 aliphatic carbocycles. The Morgan fingerprint density at radius 1 is 1.41 bits per heavy atom. The summed E-state index contributed by atoms with van der Waals surface area (Å²) in [6.45, 7) is 1.78. The minimum Gasteiger partial charge on any atom is -0.357 e. The lowest BCUT2D eigenvalue weighted by Gasteiger charge is -2.14. The number of carbonyl (C=O) groups excluding carboxylic acids is 3. The highest BCUT2D eigenvalue weighted by Gasteiger charge is 2.42. The number of nitrogens with one attached hydrogen (secondary N) is 2. The Morgan fingerprint density at radius 2 is 2.14 bits per heavy atom. The van der Waals surface area contributed by atoms with E-state index in [1.807, 2.05) is 30.3 Å². The van der Waals surface area contributed by atoms with Gasteiger partial charge in [-0.15, -0.1) is 0 Å². The van der Waals surface area contributed by atoms with Gasteiger partial charge in [0.15, 0.2) is 0 Å². The van der Waals surface area contributed by atoms with Gasteiger partial charge in [-0.2, -0.15) is 5.06 Å². The molecule has 2 aromatic rings. The molecule has 1 aliphatic heterocycles. The number of rotatable bonds is 3. The Kier molecular flexibility index (Phi) is 3.42. The first-order valence-electron chi connectivity index (χ1n) is 6.91. The number of imide groups is 1. The van der Waals surface area contributed by atoms with Gasteiger partial charge in [0, 0.05) is 11.2 Å². The summed E-state index contributed by atoms with van der Waals surface area (Å²) in [5.74, 6) is -3.37. The summed E-state index contributed by atoms with van der Waals surface area (Å²) < 4.78 is 0. The molecule has 7 nitrogen and oxygen atoms in total. The van der Waals surface area contributed by atoms with Crippen molar-refractivity contribution in [2.75, 3.05) is 0 Å². The van der Waals surface area contributed by atoms with E-state index in [1.54, 1.807) is 6.92 Å². The van der Waals surface area contributed by atoms with Gasteiger partial charge in [-0.1, -0.05) is 18.2 Å². The van der Waals surface area contributed by atoms with Gasteiger partial charge in [0.05, 0.1) is 12.5 Å². The molecule has 1 saturated heterocycles. The number of nitrogens with zero attached hydrogens (tertiary/aromatic N) is 1. The van der Waals surface area contributed by atoms with E-state index in [0.29, 0.717) is 0 Å². The van der Waals surface area contributed by atoms with Gasteiger partial charge in [0.2, 0.25) is 5.91 Å². The molecule has 1 fully saturated rings. The van der Waals surface area contributed by atoms with Crippen molar-refractivity contribution in [3.8, 4) is 0 Å². The van der Waals surface area contributed by atoms with Crippen molar-refractivity contribution < 1.29 is 19.6 Å². The van der Waals surface area contributed by atoms with Crippen LogP contribution in [0.15, 0.2) is 30.3 Å². The zero-order chi connectivity index (χ0) is 15.9. The second kappa shape index (κ2) is 5.27. The van der Waals surface area contributed by atoms with Gasteiger partial charge < -0.3 is 10.3 Å². The minimum atomic E-state index is -1.16. The molecule has 1 aromatic heterocycles. The number of carbonyl (C=O) groups is 3. The fourth-order valence-electron chi connectivity index (χ4n) is 2.54. The van der Waals surface area contributed by atoms with Crippen LogP contribution in [-0.2, 0) is 14.4 Å². The van der Waals surface area contributed by atoms with Crippen LogP contribution in [0.1, 0.15) is 25.1 Å². The highest BCUT2D eigenvalue weighted by Crippen LogP contribution is 2.22. The van der Waals surface area contributed by atoms with Gasteiger partial charge in [-0.3, -0.25) is 19.6 Å². The van der Waals surface area contributed by atoms with Crippen LogP contribution in [0.2, 0.25) is 0 Å². The molecule has 2 unspecified atom stereocenters. The van der Waals surface area contributed by atoms with Crippen LogP contribution < -0.4 is 5.32 Å². The maximum Gasteiger partial charge on any atom is 0.266 e. The minimum absolute atomic E-state index is 0.0118. The fraction of sp³-hybridized carbons (Fsp3) is 0.267. The third-order valence-electron chi connectivity index (χ3n) is 3.81. The SMILES string of the molecule is CC(NC(=O)C1CC(=O)N(O)C1=O)c1cc2ccccc2[nH]1. The third kappa shape index (κ3) is 2.35. The molecular formula is C15H15N3O4. The summed E-state index contributed by atoms with van der Waals surface area (Å²) in [4.78, 5) is 38.1. The smallest absolute Gasteiger partial charge is 0.266 e. The number of para-hydroxylation sites is 1. The third-order valence-corrected chi connectivity index (χ3v) is 3.81. The molecule has 3 rings (SSSR count). The van der Waals surface area contributed by atoms with Crippen LogP contribution in [0.3, 0.4) is 0 Å². The molecule has 0 spiro atoms. The van der Waals surface area contributed by atoms with E-state index in [4.69, 9.17) is 0 Å². The molecule has 22 heavy (non-hydrogen) atoms. The van der Waals surface area contributed by atoms with Crippen molar-refractivity contribution >= 4 is 28.6 Å². The summed E-state index contributed by atoms with van der Waals surface area (Å²) in [5, 5.41) is 12.9. The molecule has 1 aliphatic rings. The molecule has 114 valence electrons. The molecule has 3 N–H and O–H groups in total. The van der Waals surface area contributed by atoms with Crippen molar-refractivity contribution in [1.29, 1.82) is 0 Å². The molecule has 7 heteroatoms. The second-order valence-corrected chi connectivity index (χ2v) is 5.34. The van der Waals surface area contributed by atoms with Crippen molar-refractivity contribution in [1.82, 2.24) is 15.4 Å². The standard InChI is InChI=1S/C15H15N3O4/c1-8(12-6-9-4-2-3-5-11(9)17-12)16-14(20)10-7-13(19)18(22)15(10)21/h2-6,8,10,17,22H,7H2,1H3,(H,16,20). The topological polar surface area (TPSA) is 102 Å². The number of amides is 3. The van der Waals surface area contributed by atoms with E-state index in [2.05, 4.69) is 10.3 Å². The van der Waals surface area contributed by atoms with Crippen LogP contribution in [0.5, 0.6) is 0 Å². The molecule has 1 aromatic carbocycles. The molecular weight excluding hydrogens is 286 g/mol. The zero-order valence-electron chi connectivity index (χ0n) is 11.9. The average Bonchev–Trinajstić information content (AvgIpc) is 3.04. The molecule has 2 atom stereocenters. The first-order chi connectivity index (χ1) is 10.5. The zero-order valence-corrected chi connectivity index (χ0v) is 11.9. The number of benzene rings is 1. The van der Waals surface area contributed by atoms with Gasteiger partial charge in [-0.25, -0.2) is 0 Å². The average molecular weight is 301 g/mol. The first-order valence-corrected chi connectivity index (χ1v) is 6.91. The number of fused-ring (bicyclic) bond motifs is 1. The lowest BCUT2D eigenvalue weighted by molar-refractivity contribution is -0.172. The van der Waals surface area contributed by atoms with Crippen LogP contribution >= 0.6 is 0 Å². The number of hydrogen-bond acceptors (Lipinski definition) is 4. The maximum atomic E-state index is 12.1. The Hall–Kier alpha value is -2.67. The summed E-state index contributed by atoms with van der Waals surface area (Å²) in [6, 6.07) is 9.27. The Bertz CT molecular complexity index is 734. The van der Waals surface area contributed by atoms with E-state index in [-0.39, 0.29) is 17.5 Å². The van der Waals surface area contributed by atoms with Crippen molar-refractivity contribution in [2.24, 2.45) is 5.92 Å². The molecule has 3 amide bonds. The summed E-state index contributed by atoms with van der Waals surface area (Å²) in [5.41, 5.74) is 1.75. The van der Waals surface area contributed by atoms with Crippen LogP contribution in [0.4, 0.5) is 0 Å². The Labute approximate surface area is 125 Å². The number of hydrogen-bond donors (Lipinski definition) is 3. The van der Waals surface area contributed by atoms with Crippen molar-refractivity contribution in [3.05, 3.63) is 36.0 Å². The van der Waals surface area contributed by atoms with Crippen LogP contribution in [-0.4, -0.2) is 33.0 Å². The highest BCUT2D eigenvalue weighted by atomic mass is 16.5. The van der Waals surface area contributed by atoms with E-state index >= 15 is 0 Å².